The SMILES string of the molecule is C=Nc1cc(Cl)ccc1C(=NCCn1c(=O)n(C2CCOC2)c2ccncc21)OCC1CCOC1. The van der Waals surface area contributed by atoms with Gasteiger partial charge in [0.2, 0.25) is 5.90 Å². The van der Waals surface area contributed by atoms with Crippen molar-refractivity contribution in [3.63, 3.8) is 0 Å². The maximum absolute atomic E-state index is 13.4. The first-order chi connectivity index (χ1) is 17.2. The lowest BCUT2D eigenvalue weighted by atomic mass is 10.1. The smallest absolute Gasteiger partial charge is 0.329 e. The molecule has 0 amide bonds. The molecule has 0 N–H and O–H groups in total. The molecule has 10 heteroatoms. The molecular weight excluding hydrogens is 470 g/mol. The Labute approximate surface area is 208 Å². The van der Waals surface area contributed by atoms with Gasteiger partial charge >= 0.3 is 5.69 Å². The molecular formula is C25H28ClN5O4. The maximum atomic E-state index is 13.4. The Balaban J connectivity index is 1.43. The largest absolute Gasteiger partial charge is 0.477 e. The molecule has 2 aromatic heterocycles. The molecule has 0 bridgehead atoms. The lowest BCUT2D eigenvalue weighted by molar-refractivity contribution is 0.164. The number of ether oxygens (including phenoxy) is 3. The summed E-state index contributed by atoms with van der Waals surface area (Å²) in [5, 5.41) is 0.558. The van der Waals surface area contributed by atoms with E-state index in [1.54, 1.807) is 29.1 Å². The van der Waals surface area contributed by atoms with E-state index in [4.69, 9.17) is 30.8 Å². The van der Waals surface area contributed by atoms with Crippen molar-refractivity contribution in [1.29, 1.82) is 0 Å². The highest BCUT2D eigenvalue weighted by atomic mass is 35.5. The van der Waals surface area contributed by atoms with Crippen LogP contribution in [0.2, 0.25) is 5.02 Å². The number of fused-ring (bicyclic) bond motifs is 1. The van der Waals surface area contributed by atoms with Crippen LogP contribution in [0.1, 0.15) is 24.4 Å². The predicted octanol–water partition coefficient (Wildman–Crippen LogP) is 3.64. The highest BCUT2D eigenvalue weighted by Crippen LogP contribution is 2.26. The molecule has 3 aromatic rings. The zero-order valence-electron chi connectivity index (χ0n) is 19.4. The van der Waals surface area contributed by atoms with Gasteiger partial charge < -0.3 is 14.2 Å². The lowest BCUT2D eigenvalue weighted by Crippen LogP contribution is -2.28. The van der Waals surface area contributed by atoms with Crippen molar-refractivity contribution >= 4 is 40.9 Å². The Morgan fingerprint density at radius 3 is 2.83 bits per heavy atom. The second kappa shape index (κ2) is 10.7. The van der Waals surface area contributed by atoms with Gasteiger partial charge in [0.25, 0.3) is 0 Å². The Morgan fingerprint density at radius 2 is 2.06 bits per heavy atom. The van der Waals surface area contributed by atoms with Crippen LogP contribution in [0.15, 0.2) is 51.4 Å². The normalized spacial score (nSPS) is 20.5. The Hall–Kier alpha value is -3.01. The van der Waals surface area contributed by atoms with Crippen LogP contribution in [0.5, 0.6) is 0 Å². The van der Waals surface area contributed by atoms with E-state index in [0.717, 1.165) is 30.5 Å². The van der Waals surface area contributed by atoms with E-state index >= 15 is 0 Å². The number of pyridine rings is 1. The Morgan fingerprint density at radius 1 is 1.20 bits per heavy atom. The number of aliphatic imine (C=N–C) groups is 2. The third-order valence-electron chi connectivity index (χ3n) is 6.46. The molecule has 9 nitrogen and oxygen atoms in total. The quantitative estimate of drug-likeness (QED) is 0.350. The molecule has 184 valence electrons. The molecule has 2 saturated heterocycles. The molecule has 35 heavy (non-hydrogen) atoms. The van der Waals surface area contributed by atoms with Gasteiger partial charge in [-0.1, -0.05) is 11.6 Å². The monoisotopic (exact) mass is 497 g/mol. The van der Waals surface area contributed by atoms with Gasteiger partial charge in [0.05, 0.1) is 60.9 Å². The van der Waals surface area contributed by atoms with Crippen molar-refractivity contribution in [1.82, 2.24) is 14.1 Å². The average molecular weight is 498 g/mol. The summed E-state index contributed by atoms with van der Waals surface area (Å²) in [5.41, 5.74) is 2.87. The van der Waals surface area contributed by atoms with Crippen molar-refractivity contribution in [3.8, 4) is 0 Å². The zero-order valence-corrected chi connectivity index (χ0v) is 20.2. The molecule has 1 aromatic carbocycles. The first-order valence-corrected chi connectivity index (χ1v) is 12.2. The van der Waals surface area contributed by atoms with Gasteiger partial charge in [0.15, 0.2) is 0 Å². The number of aromatic nitrogens is 3. The van der Waals surface area contributed by atoms with E-state index in [1.165, 1.54) is 0 Å². The first-order valence-electron chi connectivity index (χ1n) is 11.8. The van der Waals surface area contributed by atoms with Crippen LogP contribution >= 0.6 is 11.6 Å². The molecule has 2 unspecified atom stereocenters. The lowest BCUT2D eigenvalue weighted by Gasteiger charge is -2.15. The van der Waals surface area contributed by atoms with E-state index in [1.807, 2.05) is 16.7 Å². The van der Waals surface area contributed by atoms with E-state index in [-0.39, 0.29) is 11.7 Å². The summed E-state index contributed by atoms with van der Waals surface area (Å²) in [4.78, 5) is 26.5. The Kier molecular flexibility index (Phi) is 7.26. The second-order valence-corrected chi connectivity index (χ2v) is 9.17. The van der Waals surface area contributed by atoms with Gasteiger partial charge in [-0.15, -0.1) is 0 Å². The van der Waals surface area contributed by atoms with Crippen molar-refractivity contribution in [2.45, 2.75) is 25.4 Å². The van der Waals surface area contributed by atoms with Crippen LogP contribution in [0.3, 0.4) is 0 Å². The van der Waals surface area contributed by atoms with Crippen LogP contribution in [0.4, 0.5) is 5.69 Å². The van der Waals surface area contributed by atoms with E-state index in [9.17, 15) is 4.79 Å². The standard InChI is InChI=1S/C25H28ClN5O4/c1-27-21-12-18(26)2-3-20(21)24(35-15-17-5-10-33-14-17)29-8-9-30-23-13-28-7-4-22(23)31(25(30)32)19-6-11-34-16-19/h2-4,7,12-13,17,19H,1,5-6,8-11,14-16H2. The van der Waals surface area contributed by atoms with Crippen LogP contribution in [-0.4, -0.2) is 66.3 Å². The van der Waals surface area contributed by atoms with E-state index in [0.29, 0.717) is 67.6 Å². The fourth-order valence-corrected chi connectivity index (χ4v) is 4.78. The van der Waals surface area contributed by atoms with Gasteiger partial charge in [-0.3, -0.25) is 19.1 Å². The van der Waals surface area contributed by atoms with Gasteiger partial charge in [-0.2, -0.15) is 0 Å². The summed E-state index contributed by atoms with van der Waals surface area (Å²) >= 11 is 6.15. The molecule has 2 atom stereocenters. The third kappa shape index (κ3) is 5.03. The van der Waals surface area contributed by atoms with Crippen molar-refractivity contribution in [2.75, 3.05) is 39.6 Å². The number of nitrogens with zero attached hydrogens (tertiary/aromatic N) is 5. The third-order valence-corrected chi connectivity index (χ3v) is 6.69. The summed E-state index contributed by atoms with van der Waals surface area (Å²) in [6.07, 6.45) is 5.20. The van der Waals surface area contributed by atoms with Gasteiger partial charge in [-0.25, -0.2) is 9.79 Å². The second-order valence-electron chi connectivity index (χ2n) is 8.73. The number of hydrogen-bond acceptors (Lipinski definition) is 7. The average Bonchev–Trinajstić information content (AvgIpc) is 3.63. The maximum Gasteiger partial charge on any atom is 0.329 e. The first kappa shape index (κ1) is 23.7. The molecule has 2 aliphatic rings. The van der Waals surface area contributed by atoms with Gasteiger partial charge in [0, 0.05) is 36.9 Å². The van der Waals surface area contributed by atoms with E-state index in [2.05, 4.69) is 16.7 Å². The summed E-state index contributed by atoms with van der Waals surface area (Å²) in [5.74, 6) is 0.767. The summed E-state index contributed by atoms with van der Waals surface area (Å²) in [6.45, 7) is 7.48. The van der Waals surface area contributed by atoms with Crippen molar-refractivity contribution < 1.29 is 14.2 Å². The summed E-state index contributed by atoms with van der Waals surface area (Å²) < 4.78 is 20.7. The molecule has 2 fully saturated rings. The molecule has 0 spiro atoms. The van der Waals surface area contributed by atoms with Crippen molar-refractivity contribution in [3.05, 3.63) is 57.7 Å². The minimum Gasteiger partial charge on any atom is -0.477 e. The number of imidazole rings is 1. The number of benzene rings is 1. The zero-order chi connectivity index (χ0) is 24.2. The molecule has 0 saturated carbocycles. The molecule has 2 aliphatic heterocycles. The van der Waals surface area contributed by atoms with E-state index < -0.39 is 0 Å². The fraction of sp³-hybridized carbons (Fsp3) is 0.440. The number of rotatable bonds is 8. The van der Waals surface area contributed by atoms with Crippen LogP contribution < -0.4 is 5.69 Å². The Bertz CT molecular complexity index is 1290. The minimum absolute atomic E-state index is 0.0277. The summed E-state index contributed by atoms with van der Waals surface area (Å²) in [6, 6.07) is 7.24. The van der Waals surface area contributed by atoms with Gasteiger partial charge in [0.1, 0.15) is 0 Å². The molecule has 4 heterocycles. The van der Waals surface area contributed by atoms with Crippen LogP contribution in [0, 0.1) is 5.92 Å². The van der Waals surface area contributed by atoms with Crippen molar-refractivity contribution in [2.24, 2.45) is 15.9 Å². The predicted molar refractivity (Wildman–Crippen MR) is 135 cm³/mol. The highest BCUT2D eigenvalue weighted by Gasteiger charge is 2.24. The molecule has 0 aliphatic carbocycles. The molecule has 0 radical (unpaired) electrons. The topological polar surface area (TPSA) is 92.2 Å². The van der Waals surface area contributed by atoms with Crippen LogP contribution in [-0.2, 0) is 20.8 Å². The summed E-state index contributed by atoms with van der Waals surface area (Å²) in [7, 11) is 0. The highest BCUT2D eigenvalue weighted by molar-refractivity contribution is 6.31. The minimum atomic E-state index is -0.0794. The van der Waals surface area contributed by atoms with Crippen LogP contribution in [0.25, 0.3) is 11.0 Å². The molecule has 5 rings (SSSR count). The number of halogens is 1. The fourth-order valence-electron chi connectivity index (χ4n) is 4.61. The number of hydrogen-bond donors (Lipinski definition) is 0. The van der Waals surface area contributed by atoms with Gasteiger partial charge in [-0.05, 0) is 43.8 Å².